The number of amides is 1. The molecule has 2 aliphatic heterocycles. The van der Waals surface area contributed by atoms with Gasteiger partial charge in [0.25, 0.3) is 0 Å². The zero-order valence-electron chi connectivity index (χ0n) is 11.6. The van der Waals surface area contributed by atoms with Crippen LogP contribution < -0.4 is 0 Å². The summed E-state index contributed by atoms with van der Waals surface area (Å²) in [5, 5.41) is 9.44. The van der Waals surface area contributed by atoms with Crippen LogP contribution in [0.25, 0.3) is 0 Å². The maximum absolute atomic E-state index is 12.2. The number of hydrogen-bond donors (Lipinski definition) is 1. The van der Waals surface area contributed by atoms with Crippen LogP contribution in [-0.2, 0) is 11.3 Å². The van der Waals surface area contributed by atoms with E-state index in [1.807, 2.05) is 35.2 Å². The van der Waals surface area contributed by atoms with Crippen molar-refractivity contribution in [1.82, 2.24) is 4.90 Å². The molecule has 4 nitrogen and oxygen atoms in total. The minimum absolute atomic E-state index is 0.160. The van der Waals surface area contributed by atoms with Crippen LogP contribution in [0, 0.1) is 11.8 Å². The first-order chi connectivity index (χ1) is 9.78. The minimum atomic E-state index is -0.235. The molecule has 2 heterocycles. The Morgan fingerprint density at radius 3 is 2.80 bits per heavy atom. The van der Waals surface area contributed by atoms with Gasteiger partial charge in [0.2, 0.25) is 0 Å². The van der Waals surface area contributed by atoms with Crippen molar-refractivity contribution in [3.63, 3.8) is 0 Å². The summed E-state index contributed by atoms with van der Waals surface area (Å²) in [5.74, 6) is 0.758. The fraction of sp³-hybridized carbons (Fsp3) is 0.562. The van der Waals surface area contributed by atoms with Gasteiger partial charge in [0.1, 0.15) is 6.61 Å². The largest absolute Gasteiger partial charge is 0.445 e. The molecule has 1 amide bonds. The van der Waals surface area contributed by atoms with Crippen LogP contribution in [0.4, 0.5) is 4.79 Å². The first-order valence-corrected chi connectivity index (χ1v) is 7.36. The van der Waals surface area contributed by atoms with E-state index < -0.39 is 0 Å². The number of hydrogen-bond acceptors (Lipinski definition) is 3. The Bertz CT molecular complexity index is 462. The molecule has 1 aromatic rings. The Balaban J connectivity index is 1.60. The molecule has 3 unspecified atom stereocenters. The van der Waals surface area contributed by atoms with Gasteiger partial charge < -0.3 is 14.7 Å². The monoisotopic (exact) mass is 275 g/mol. The van der Waals surface area contributed by atoms with Crippen molar-refractivity contribution >= 4 is 6.09 Å². The van der Waals surface area contributed by atoms with Crippen LogP contribution in [0.5, 0.6) is 0 Å². The highest BCUT2D eigenvalue weighted by atomic mass is 16.6. The van der Waals surface area contributed by atoms with Crippen LogP contribution >= 0.6 is 0 Å². The molecule has 2 saturated heterocycles. The van der Waals surface area contributed by atoms with E-state index in [2.05, 4.69) is 0 Å². The molecule has 3 aliphatic rings. The lowest BCUT2D eigenvalue weighted by molar-refractivity contribution is -0.0210. The van der Waals surface area contributed by atoms with Gasteiger partial charge in [-0.25, -0.2) is 4.79 Å². The molecule has 108 valence electrons. The van der Waals surface area contributed by atoms with Gasteiger partial charge in [-0.05, 0) is 30.7 Å². The minimum Gasteiger partial charge on any atom is -0.445 e. The number of rotatable bonds is 3. The van der Waals surface area contributed by atoms with Gasteiger partial charge in [0.15, 0.2) is 0 Å². The smallest absolute Gasteiger partial charge is 0.410 e. The van der Waals surface area contributed by atoms with Crippen molar-refractivity contribution in [2.24, 2.45) is 11.8 Å². The van der Waals surface area contributed by atoms with Crippen LogP contribution in [0.3, 0.4) is 0 Å². The summed E-state index contributed by atoms with van der Waals surface area (Å²) in [4.78, 5) is 14.1. The zero-order valence-corrected chi connectivity index (χ0v) is 11.6. The summed E-state index contributed by atoms with van der Waals surface area (Å²) >= 11 is 0. The fourth-order valence-electron chi connectivity index (χ4n) is 3.54. The molecule has 0 radical (unpaired) electrons. The summed E-state index contributed by atoms with van der Waals surface area (Å²) in [5.41, 5.74) is 1.00. The molecule has 1 aliphatic carbocycles. The van der Waals surface area contributed by atoms with Crippen molar-refractivity contribution in [3.8, 4) is 0 Å². The third-order valence-corrected chi connectivity index (χ3v) is 4.58. The number of aliphatic hydroxyl groups is 1. The molecule has 4 heteroatoms. The molecule has 1 saturated carbocycles. The highest BCUT2D eigenvalue weighted by molar-refractivity contribution is 5.68. The zero-order chi connectivity index (χ0) is 13.9. The molecule has 1 aromatic carbocycles. The van der Waals surface area contributed by atoms with Crippen molar-refractivity contribution in [2.75, 3.05) is 13.2 Å². The predicted molar refractivity (Wildman–Crippen MR) is 75.0 cm³/mol. The van der Waals surface area contributed by atoms with Crippen LogP contribution in [0.2, 0.25) is 0 Å². The van der Waals surface area contributed by atoms with Crippen molar-refractivity contribution in [3.05, 3.63) is 35.9 Å². The Labute approximate surface area is 119 Å². The number of carbonyl (C=O) groups is 1. The van der Waals surface area contributed by atoms with Crippen molar-refractivity contribution in [1.29, 1.82) is 0 Å². The second-order valence-corrected chi connectivity index (χ2v) is 5.88. The highest BCUT2D eigenvalue weighted by Gasteiger charge is 2.43. The van der Waals surface area contributed by atoms with E-state index in [0.29, 0.717) is 12.5 Å². The Morgan fingerprint density at radius 1 is 1.30 bits per heavy atom. The summed E-state index contributed by atoms with van der Waals surface area (Å²) in [6.45, 7) is 1.27. The van der Waals surface area contributed by atoms with Crippen molar-refractivity contribution in [2.45, 2.75) is 31.9 Å². The van der Waals surface area contributed by atoms with Crippen LogP contribution in [0.15, 0.2) is 30.3 Å². The number of ether oxygens (including phenoxy) is 1. The van der Waals surface area contributed by atoms with Gasteiger partial charge in [0, 0.05) is 25.1 Å². The first-order valence-electron chi connectivity index (χ1n) is 7.36. The summed E-state index contributed by atoms with van der Waals surface area (Å²) in [6, 6.07) is 9.88. The van der Waals surface area contributed by atoms with Crippen molar-refractivity contribution < 1.29 is 14.6 Å². The van der Waals surface area contributed by atoms with Gasteiger partial charge >= 0.3 is 6.09 Å². The Morgan fingerprint density at radius 2 is 2.10 bits per heavy atom. The second-order valence-electron chi connectivity index (χ2n) is 5.88. The maximum Gasteiger partial charge on any atom is 0.410 e. The van der Waals surface area contributed by atoms with E-state index >= 15 is 0 Å². The van der Waals surface area contributed by atoms with E-state index in [-0.39, 0.29) is 24.7 Å². The van der Waals surface area contributed by atoms with Crippen LogP contribution in [0.1, 0.15) is 24.8 Å². The summed E-state index contributed by atoms with van der Waals surface area (Å²) in [6.07, 6.45) is 2.98. The molecule has 2 bridgehead atoms. The highest BCUT2D eigenvalue weighted by Crippen LogP contribution is 2.39. The van der Waals surface area contributed by atoms with Gasteiger partial charge in [-0.2, -0.15) is 0 Å². The lowest BCUT2D eigenvalue weighted by atomic mass is 9.73. The fourth-order valence-corrected chi connectivity index (χ4v) is 3.54. The number of piperidine rings is 2. The normalized spacial score (nSPS) is 28.4. The molecule has 4 rings (SSSR count). The van der Waals surface area contributed by atoms with E-state index in [4.69, 9.17) is 4.74 Å². The number of fused-ring (bicyclic) bond motifs is 3. The van der Waals surface area contributed by atoms with Crippen LogP contribution in [-0.4, -0.2) is 35.3 Å². The lowest BCUT2D eigenvalue weighted by Crippen LogP contribution is -2.56. The topological polar surface area (TPSA) is 49.8 Å². The third kappa shape index (κ3) is 2.66. The molecular weight excluding hydrogens is 254 g/mol. The van der Waals surface area contributed by atoms with Gasteiger partial charge in [-0.3, -0.25) is 0 Å². The Kier molecular flexibility index (Phi) is 3.92. The molecular formula is C16H21NO3. The van der Waals surface area contributed by atoms with E-state index in [1.165, 1.54) is 6.42 Å². The van der Waals surface area contributed by atoms with Gasteiger partial charge in [-0.1, -0.05) is 30.3 Å². The predicted octanol–water partition coefficient (Wildman–Crippen LogP) is 2.42. The first kappa shape index (κ1) is 13.4. The molecule has 0 spiro atoms. The average molecular weight is 275 g/mol. The SMILES string of the molecule is O=C(OCc1ccccc1)N1CC2CCC1C(CO)C2. The molecule has 0 aromatic heterocycles. The molecule has 3 atom stereocenters. The number of benzene rings is 1. The summed E-state index contributed by atoms with van der Waals surface area (Å²) < 4.78 is 5.42. The molecule has 20 heavy (non-hydrogen) atoms. The standard InChI is InChI=1S/C16H21NO3/c18-10-14-8-13-6-7-15(14)17(9-13)16(19)20-11-12-4-2-1-3-5-12/h1-5,13-15,18H,6-11H2. The number of carbonyl (C=O) groups excluding carboxylic acids is 1. The molecule has 3 fully saturated rings. The van der Waals surface area contributed by atoms with E-state index in [1.54, 1.807) is 0 Å². The third-order valence-electron chi connectivity index (χ3n) is 4.58. The summed E-state index contributed by atoms with van der Waals surface area (Å²) in [7, 11) is 0. The number of aliphatic hydroxyl groups excluding tert-OH is 1. The maximum atomic E-state index is 12.2. The second kappa shape index (κ2) is 5.83. The van der Waals surface area contributed by atoms with Gasteiger partial charge in [-0.15, -0.1) is 0 Å². The van der Waals surface area contributed by atoms with Gasteiger partial charge in [0.05, 0.1) is 0 Å². The quantitative estimate of drug-likeness (QED) is 0.921. The van der Waals surface area contributed by atoms with E-state index in [0.717, 1.165) is 24.9 Å². The number of nitrogens with zero attached hydrogens (tertiary/aromatic N) is 1. The Hall–Kier alpha value is -1.55. The molecule has 1 N–H and O–H groups in total. The average Bonchev–Trinajstić information content (AvgIpc) is 2.53. The lowest BCUT2D eigenvalue weighted by Gasteiger charge is -2.48. The van der Waals surface area contributed by atoms with E-state index in [9.17, 15) is 9.90 Å².